The van der Waals surface area contributed by atoms with Gasteiger partial charge in [0.15, 0.2) is 5.78 Å². The normalized spacial score (nSPS) is 12.1. The van der Waals surface area contributed by atoms with E-state index < -0.39 is 5.54 Å². The van der Waals surface area contributed by atoms with E-state index in [9.17, 15) is 4.79 Å². The first kappa shape index (κ1) is 11.4. The van der Waals surface area contributed by atoms with Crippen molar-refractivity contribution in [1.29, 1.82) is 0 Å². The topological polar surface area (TPSA) is 20.3 Å². The van der Waals surface area contributed by atoms with Crippen molar-refractivity contribution in [3.63, 3.8) is 0 Å². The van der Waals surface area contributed by atoms with Crippen LogP contribution in [-0.4, -0.2) is 30.3 Å². The van der Waals surface area contributed by atoms with Crippen LogP contribution in [0, 0.1) is 6.92 Å². The molecule has 3 heteroatoms. The molecule has 0 aliphatic heterocycles. The van der Waals surface area contributed by atoms with Gasteiger partial charge < -0.3 is 0 Å². The van der Waals surface area contributed by atoms with Crippen molar-refractivity contribution >= 4 is 17.1 Å². The summed E-state index contributed by atoms with van der Waals surface area (Å²) >= 11 is 1.53. The number of rotatable bonds is 3. The minimum Gasteiger partial charge on any atom is -0.297 e. The Hall–Kier alpha value is -0.670. The first-order valence-electron chi connectivity index (χ1n) is 4.63. The number of carbonyl (C=O) groups excluding carboxylic acids is 1. The molecular weight excluding hydrogens is 194 g/mol. The molecule has 0 aliphatic rings. The standard InChI is InChI=1S/C11H17NOS/c1-8-6-7-14-9(8)10(13)11(2,3)12(4)5/h6-7H,1-5H3. The van der Waals surface area contributed by atoms with Crippen molar-refractivity contribution < 1.29 is 4.79 Å². The number of hydrogen-bond acceptors (Lipinski definition) is 3. The second kappa shape index (κ2) is 3.83. The monoisotopic (exact) mass is 211 g/mol. The molecule has 1 aromatic rings. The number of nitrogens with zero attached hydrogens (tertiary/aromatic N) is 1. The third-order valence-corrected chi connectivity index (χ3v) is 3.76. The van der Waals surface area contributed by atoms with Crippen LogP contribution in [-0.2, 0) is 0 Å². The number of ketones is 1. The van der Waals surface area contributed by atoms with E-state index in [1.54, 1.807) is 0 Å². The zero-order chi connectivity index (χ0) is 10.9. The van der Waals surface area contributed by atoms with Crippen molar-refractivity contribution in [3.05, 3.63) is 21.9 Å². The van der Waals surface area contributed by atoms with Crippen LogP contribution in [0.5, 0.6) is 0 Å². The highest BCUT2D eigenvalue weighted by Crippen LogP contribution is 2.24. The van der Waals surface area contributed by atoms with E-state index in [0.29, 0.717) is 0 Å². The van der Waals surface area contributed by atoms with Crippen molar-refractivity contribution in [1.82, 2.24) is 4.90 Å². The van der Waals surface area contributed by atoms with Crippen LogP contribution in [0.25, 0.3) is 0 Å². The highest BCUT2D eigenvalue weighted by molar-refractivity contribution is 7.12. The SMILES string of the molecule is Cc1ccsc1C(=O)C(C)(C)N(C)C. The molecule has 0 aliphatic carbocycles. The summed E-state index contributed by atoms with van der Waals surface area (Å²) in [7, 11) is 3.86. The van der Waals surface area contributed by atoms with Crippen LogP contribution in [0.3, 0.4) is 0 Å². The average Bonchev–Trinajstić information content (AvgIpc) is 2.49. The van der Waals surface area contributed by atoms with E-state index in [2.05, 4.69) is 0 Å². The van der Waals surface area contributed by atoms with E-state index in [4.69, 9.17) is 0 Å². The summed E-state index contributed by atoms with van der Waals surface area (Å²) in [6.45, 7) is 5.89. The fraction of sp³-hybridized carbons (Fsp3) is 0.545. The summed E-state index contributed by atoms with van der Waals surface area (Å²) in [5, 5.41) is 1.97. The molecule has 0 radical (unpaired) electrons. The predicted molar refractivity (Wildman–Crippen MR) is 61.2 cm³/mol. The van der Waals surface area contributed by atoms with Gasteiger partial charge in [-0.3, -0.25) is 9.69 Å². The van der Waals surface area contributed by atoms with E-state index >= 15 is 0 Å². The molecule has 78 valence electrons. The smallest absolute Gasteiger partial charge is 0.192 e. The molecule has 1 heterocycles. The van der Waals surface area contributed by atoms with Crippen LogP contribution in [0.4, 0.5) is 0 Å². The van der Waals surface area contributed by atoms with Gasteiger partial charge in [-0.15, -0.1) is 11.3 Å². The Morgan fingerprint density at radius 3 is 2.36 bits per heavy atom. The molecule has 2 nitrogen and oxygen atoms in total. The Balaban J connectivity index is 3.02. The molecule has 0 aromatic carbocycles. The molecular formula is C11H17NOS. The largest absolute Gasteiger partial charge is 0.297 e. The summed E-state index contributed by atoms with van der Waals surface area (Å²) in [6, 6.07) is 1.99. The Morgan fingerprint density at radius 1 is 1.43 bits per heavy atom. The maximum atomic E-state index is 12.2. The lowest BCUT2D eigenvalue weighted by molar-refractivity contribution is 0.0759. The quantitative estimate of drug-likeness (QED) is 0.716. The molecule has 0 amide bonds. The van der Waals surface area contributed by atoms with E-state index in [0.717, 1.165) is 10.4 Å². The molecule has 0 spiro atoms. The zero-order valence-electron chi connectivity index (χ0n) is 9.42. The Morgan fingerprint density at radius 2 is 2.00 bits per heavy atom. The lowest BCUT2D eigenvalue weighted by Crippen LogP contribution is -2.45. The number of thiophene rings is 1. The number of likely N-dealkylation sites (N-methyl/N-ethyl adjacent to an activating group) is 1. The molecule has 1 rings (SSSR count). The molecule has 0 saturated carbocycles. The second-order valence-corrected chi connectivity index (χ2v) is 5.13. The first-order chi connectivity index (χ1) is 6.37. The van der Waals surface area contributed by atoms with Crippen molar-refractivity contribution in [2.75, 3.05) is 14.1 Å². The first-order valence-corrected chi connectivity index (χ1v) is 5.51. The Bertz CT molecular complexity index is 339. The van der Waals surface area contributed by atoms with Gasteiger partial charge in [-0.1, -0.05) is 0 Å². The summed E-state index contributed by atoms with van der Waals surface area (Å²) in [6.07, 6.45) is 0. The minimum atomic E-state index is -0.421. The van der Waals surface area contributed by atoms with Crippen LogP contribution < -0.4 is 0 Å². The molecule has 0 N–H and O–H groups in total. The van der Waals surface area contributed by atoms with Gasteiger partial charge in [-0.05, 0) is 51.9 Å². The van der Waals surface area contributed by atoms with Crippen LogP contribution >= 0.6 is 11.3 Å². The Kier molecular flexibility index (Phi) is 3.12. The van der Waals surface area contributed by atoms with Crippen LogP contribution in [0.2, 0.25) is 0 Å². The molecule has 0 saturated heterocycles. The van der Waals surface area contributed by atoms with E-state index in [1.807, 2.05) is 51.2 Å². The summed E-state index contributed by atoms with van der Waals surface area (Å²) in [5.41, 5.74) is 0.658. The minimum absolute atomic E-state index is 0.204. The van der Waals surface area contributed by atoms with Gasteiger partial charge in [-0.25, -0.2) is 0 Å². The highest BCUT2D eigenvalue weighted by Gasteiger charge is 2.32. The van der Waals surface area contributed by atoms with E-state index in [1.165, 1.54) is 11.3 Å². The number of hydrogen-bond donors (Lipinski definition) is 0. The molecule has 0 atom stereocenters. The third kappa shape index (κ3) is 1.88. The van der Waals surface area contributed by atoms with Gasteiger partial charge in [0.05, 0.1) is 10.4 Å². The summed E-state index contributed by atoms with van der Waals surface area (Å²) in [4.78, 5) is 15.0. The van der Waals surface area contributed by atoms with Crippen molar-refractivity contribution in [2.24, 2.45) is 0 Å². The maximum absolute atomic E-state index is 12.2. The fourth-order valence-electron chi connectivity index (χ4n) is 1.09. The van der Waals surface area contributed by atoms with Crippen molar-refractivity contribution in [3.8, 4) is 0 Å². The van der Waals surface area contributed by atoms with Crippen LogP contribution in [0.15, 0.2) is 11.4 Å². The predicted octanol–water partition coefficient (Wildman–Crippen LogP) is 2.58. The van der Waals surface area contributed by atoms with Crippen LogP contribution in [0.1, 0.15) is 29.1 Å². The lowest BCUT2D eigenvalue weighted by Gasteiger charge is -2.30. The van der Waals surface area contributed by atoms with Gasteiger partial charge in [0.1, 0.15) is 0 Å². The highest BCUT2D eigenvalue weighted by atomic mass is 32.1. The molecule has 0 bridgehead atoms. The van der Waals surface area contributed by atoms with Gasteiger partial charge in [-0.2, -0.15) is 0 Å². The summed E-state index contributed by atoms with van der Waals surface area (Å²) in [5.74, 6) is 0.204. The van der Waals surface area contributed by atoms with Gasteiger partial charge >= 0.3 is 0 Å². The zero-order valence-corrected chi connectivity index (χ0v) is 10.2. The Labute approximate surface area is 89.5 Å². The number of aryl methyl sites for hydroxylation is 1. The van der Waals surface area contributed by atoms with Gasteiger partial charge in [0, 0.05) is 0 Å². The molecule has 14 heavy (non-hydrogen) atoms. The third-order valence-electron chi connectivity index (χ3n) is 2.74. The summed E-state index contributed by atoms with van der Waals surface area (Å²) < 4.78 is 0. The van der Waals surface area contributed by atoms with Gasteiger partial charge in [0.25, 0.3) is 0 Å². The average molecular weight is 211 g/mol. The molecule has 0 unspecified atom stereocenters. The van der Waals surface area contributed by atoms with E-state index in [-0.39, 0.29) is 5.78 Å². The van der Waals surface area contributed by atoms with Gasteiger partial charge in [0.2, 0.25) is 0 Å². The molecule has 0 fully saturated rings. The lowest BCUT2D eigenvalue weighted by atomic mass is 9.95. The molecule has 1 aromatic heterocycles. The fourth-order valence-corrected chi connectivity index (χ4v) is 2.11. The maximum Gasteiger partial charge on any atom is 0.192 e. The number of carbonyl (C=O) groups is 1. The van der Waals surface area contributed by atoms with Crippen molar-refractivity contribution in [2.45, 2.75) is 26.3 Å². The second-order valence-electron chi connectivity index (χ2n) is 4.22. The number of Topliss-reactive ketones (excluding diaryl/α,β-unsaturated/α-hetero) is 1.